The van der Waals surface area contributed by atoms with E-state index in [9.17, 15) is 4.79 Å². The summed E-state index contributed by atoms with van der Waals surface area (Å²) in [6, 6.07) is 19.4. The maximum Gasteiger partial charge on any atom is 0.226 e. The molecule has 1 amide bonds. The number of nitrogens with one attached hydrogen (secondary N) is 1. The number of amides is 1. The van der Waals surface area contributed by atoms with Crippen molar-refractivity contribution < 1.29 is 4.79 Å². The Morgan fingerprint density at radius 2 is 1.52 bits per heavy atom. The summed E-state index contributed by atoms with van der Waals surface area (Å²) in [7, 11) is 0. The summed E-state index contributed by atoms with van der Waals surface area (Å²) in [6.45, 7) is 2.96. The van der Waals surface area contributed by atoms with Crippen molar-refractivity contribution in [2.45, 2.75) is 38.1 Å². The van der Waals surface area contributed by atoms with Crippen LogP contribution in [0.5, 0.6) is 0 Å². The van der Waals surface area contributed by atoms with E-state index in [4.69, 9.17) is 0 Å². The van der Waals surface area contributed by atoms with Crippen molar-refractivity contribution in [1.82, 2.24) is 10.2 Å². The second-order valence-corrected chi connectivity index (χ2v) is 7.75. The highest BCUT2D eigenvalue weighted by atomic mass is 35.5. The van der Waals surface area contributed by atoms with Gasteiger partial charge in [0.25, 0.3) is 0 Å². The van der Waals surface area contributed by atoms with Gasteiger partial charge in [0.05, 0.1) is 6.42 Å². The third-order valence-electron chi connectivity index (χ3n) is 5.66. The lowest BCUT2D eigenvalue weighted by molar-refractivity contribution is -0.131. The maximum absolute atomic E-state index is 12.6. The van der Waals surface area contributed by atoms with Gasteiger partial charge in [-0.1, -0.05) is 54.6 Å². The van der Waals surface area contributed by atoms with Gasteiger partial charge in [0.1, 0.15) is 0 Å². The van der Waals surface area contributed by atoms with Crippen LogP contribution in [0.15, 0.2) is 54.6 Å². The van der Waals surface area contributed by atoms with Crippen LogP contribution in [0.4, 0.5) is 0 Å². The second-order valence-electron chi connectivity index (χ2n) is 7.75. The zero-order valence-electron chi connectivity index (χ0n) is 15.8. The van der Waals surface area contributed by atoms with Crippen molar-refractivity contribution in [3.63, 3.8) is 0 Å². The Hall–Kier alpha value is -1.84. The van der Waals surface area contributed by atoms with E-state index < -0.39 is 0 Å². The minimum atomic E-state index is 0. The molecular formula is C23H29ClN2O. The van der Waals surface area contributed by atoms with Crippen molar-refractivity contribution in [2.24, 2.45) is 5.92 Å². The fourth-order valence-electron chi connectivity index (χ4n) is 3.72. The first kappa shape index (κ1) is 19.9. The fourth-order valence-corrected chi connectivity index (χ4v) is 3.72. The van der Waals surface area contributed by atoms with Gasteiger partial charge in [0.2, 0.25) is 5.91 Å². The van der Waals surface area contributed by atoms with E-state index in [1.54, 1.807) is 0 Å². The zero-order valence-corrected chi connectivity index (χ0v) is 16.6. The van der Waals surface area contributed by atoms with E-state index >= 15 is 0 Å². The van der Waals surface area contributed by atoms with Crippen LogP contribution in [0, 0.1) is 5.92 Å². The maximum atomic E-state index is 12.6. The third-order valence-corrected chi connectivity index (χ3v) is 5.66. The Labute approximate surface area is 168 Å². The molecule has 4 heteroatoms. The van der Waals surface area contributed by atoms with Gasteiger partial charge in [0, 0.05) is 19.1 Å². The molecule has 1 saturated heterocycles. The summed E-state index contributed by atoms with van der Waals surface area (Å²) >= 11 is 0. The number of likely N-dealkylation sites (tertiary alicyclic amines) is 1. The quantitative estimate of drug-likeness (QED) is 0.804. The predicted molar refractivity (Wildman–Crippen MR) is 113 cm³/mol. The lowest BCUT2D eigenvalue weighted by atomic mass is 10.0. The molecule has 0 atom stereocenters. The van der Waals surface area contributed by atoms with E-state index in [1.165, 1.54) is 30.5 Å². The minimum Gasteiger partial charge on any atom is -0.342 e. The molecule has 0 unspecified atom stereocenters. The average Bonchev–Trinajstić information content (AvgIpc) is 3.52. The van der Waals surface area contributed by atoms with E-state index in [1.807, 2.05) is 11.0 Å². The molecule has 0 radical (unpaired) electrons. The molecule has 2 fully saturated rings. The van der Waals surface area contributed by atoms with E-state index in [-0.39, 0.29) is 18.3 Å². The molecule has 3 nitrogen and oxygen atoms in total. The van der Waals surface area contributed by atoms with Gasteiger partial charge < -0.3 is 10.2 Å². The number of carbonyl (C=O) groups excluding carboxylic acids is 1. The van der Waals surface area contributed by atoms with Crippen LogP contribution in [-0.2, 0) is 11.2 Å². The molecule has 144 valence electrons. The molecule has 1 saturated carbocycles. The Kier molecular flexibility index (Phi) is 6.92. The summed E-state index contributed by atoms with van der Waals surface area (Å²) in [4.78, 5) is 14.7. The largest absolute Gasteiger partial charge is 0.342 e. The van der Waals surface area contributed by atoms with Gasteiger partial charge in [-0.15, -0.1) is 12.4 Å². The van der Waals surface area contributed by atoms with E-state index in [2.05, 4.69) is 53.8 Å². The Balaban J connectivity index is 0.00000210. The Morgan fingerprint density at radius 1 is 0.889 bits per heavy atom. The second kappa shape index (κ2) is 9.38. The number of hydrogen-bond acceptors (Lipinski definition) is 2. The van der Waals surface area contributed by atoms with E-state index in [0.717, 1.165) is 37.4 Å². The number of halogens is 1. The third kappa shape index (κ3) is 5.57. The number of piperidine rings is 1. The number of hydrogen-bond donors (Lipinski definition) is 1. The van der Waals surface area contributed by atoms with Crippen molar-refractivity contribution in [3.8, 4) is 11.1 Å². The average molecular weight is 385 g/mol. The first-order valence-electron chi connectivity index (χ1n) is 9.93. The highest BCUT2D eigenvalue weighted by Gasteiger charge is 2.25. The van der Waals surface area contributed by atoms with Crippen LogP contribution in [0.2, 0.25) is 0 Å². The van der Waals surface area contributed by atoms with Gasteiger partial charge in [-0.25, -0.2) is 0 Å². The van der Waals surface area contributed by atoms with Crippen molar-refractivity contribution in [1.29, 1.82) is 0 Å². The molecule has 0 bridgehead atoms. The van der Waals surface area contributed by atoms with E-state index in [0.29, 0.717) is 12.5 Å². The molecule has 1 N–H and O–H groups in total. The standard InChI is InChI=1S/C23H28N2O.ClH/c26-23(25-14-12-22(13-15-25)24-17-19-6-7-19)16-18-8-10-21(11-9-18)20-4-2-1-3-5-20;/h1-5,8-11,19,22,24H,6-7,12-17H2;1H. The number of nitrogens with zero attached hydrogens (tertiary/aromatic N) is 1. The molecule has 27 heavy (non-hydrogen) atoms. The highest BCUT2D eigenvalue weighted by Crippen LogP contribution is 2.28. The minimum absolute atomic E-state index is 0. The Bertz CT molecular complexity index is 720. The molecule has 2 aromatic carbocycles. The SMILES string of the molecule is Cl.O=C(Cc1ccc(-c2ccccc2)cc1)N1CCC(NCC2CC2)CC1. The van der Waals surface area contributed by atoms with Gasteiger partial charge in [-0.05, 0) is 54.8 Å². The smallest absolute Gasteiger partial charge is 0.226 e. The van der Waals surface area contributed by atoms with Gasteiger partial charge in [-0.3, -0.25) is 4.79 Å². The Morgan fingerprint density at radius 3 is 2.15 bits per heavy atom. The fraction of sp³-hybridized carbons (Fsp3) is 0.435. The van der Waals surface area contributed by atoms with Gasteiger partial charge >= 0.3 is 0 Å². The molecule has 1 aliphatic carbocycles. The summed E-state index contributed by atoms with van der Waals surface area (Å²) < 4.78 is 0. The topological polar surface area (TPSA) is 32.3 Å². The van der Waals surface area contributed by atoms with Crippen LogP contribution >= 0.6 is 12.4 Å². The van der Waals surface area contributed by atoms with Crippen LogP contribution < -0.4 is 5.32 Å². The summed E-state index contributed by atoms with van der Waals surface area (Å²) in [5, 5.41) is 3.68. The molecule has 2 aromatic rings. The lowest BCUT2D eigenvalue weighted by Gasteiger charge is -2.32. The lowest BCUT2D eigenvalue weighted by Crippen LogP contribution is -2.45. The molecule has 0 aromatic heterocycles. The van der Waals surface area contributed by atoms with Gasteiger partial charge in [-0.2, -0.15) is 0 Å². The molecule has 2 aliphatic rings. The van der Waals surface area contributed by atoms with Crippen molar-refractivity contribution in [3.05, 3.63) is 60.2 Å². The number of benzene rings is 2. The van der Waals surface area contributed by atoms with Crippen molar-refractivity contribution in [2.75, 3.05) is 19.6 Å². The zero-order chi connectivity index (χ0) is 17.8. The number of rotatable bonds is 6. The normalized spacial score (nSPS) is 17.4. The van der Waals surface area contributed by atoms with Crippen LogP contribution in [-0.4, -0.2) is 36.5 Å². The summed E-state index contributed by atoms with van der Waals surface area (Å²) in [5.41, 5.74) is 3.51. The number of carbonyl (C=O) groups is 1. The van der Waals surface area contributed by atoms with Crippen LogP contribution in [0.1, 0.15) is 31.2 Å². The monoisotopic (exact) mass is 384 g/mol. The first-order chi connectivity index (χ1) is 12.8. The molecule has 4 rings (SSSR count). The first-order valence-corrected chi connectivity index (χ1v) is 9.93. The molecule has 0 spiro atoms. The predicted octanol–water partition coefficient (Wildman–Crippen LogP) is 4.31. The van der Waals surface area contributed by atoms with Crippen LogP contribution in [0.25, 0.3) is 11.1 Å². The molecule has 1 aliphatic heterocycles. The highest BCUT2D eigenvalue weighted by molar-refractivity contribution is 5.85. The summed E-state index contributed by atoms with van der Waals surface area (Å²) in [6.07, 6.45) is 5.48. The van der Waals surface area contributed by atoms with Crippen LogP contribution in [0.3, 0.4) is 0 Å². The van der Waals surface area contributed by atoms with Crippen molar-refractivity contribution >= 4 is 18.3 Å². The molecular weight excluding hydrogens is 356 g/mol. The van der Waals surface area contributed by atoms with Gasteiger partial charge in [0.15, 0.2) is 0 Å². The summed E-state index contributed by atoms with van der Waals surface area (Å²) in [5.74, 6) is 1.19. The molecule has 1 heterocycles.